The van der Waals surface area contributed by atoms with Crippen molar-refractivity contribution in [1.29, 1.82) is 0 Å². The van der Waals surface area contributed by atoms with Crippen molar-refractivity contribution in [3.63, 3.8) is 0 Å². The monoisotopic (exact) mass is 471 g/mol. The molecule has 184 valence electrons. The highest BCUT2D eigenvalue weighted by Gasteiger charge is 2.27. The average Bonchev–Trinajstić information content (AvgIpc) is 3.33. The van der Waals surface area contributed by atoms with Gasteiger partial charge in [-0.15, -0.1) is 0 Å². The zero-order chi connectivity index (χ0) is 24.5. The number of fused-ring (bicyclic) bond motifs is 1. The molecule has 0 unspecified atom stereocenters. The fourth-order valence-electron chi connectivity index (χ4n) is 3.92. The van der Waals surface area contributed by atoms with E-state index in [-0.39, 0.29) is 5.78 Å². The number of nitrogens with one attached hydrogen (secondary N) is 1. The molecule has 0 radical (unpaired) electrons. The fourth-order valence-corrected chi connectivity index (χ4v) is 3.92. The van der Waals surface area contributed by atoms with E-state index in [4.69, 9.17) is 28.1 Å². The van der Waals surface area contributed by atoms with Crippen LogP contribution in [0, 0.1) is 0 Å². The molecule has 0 amide bonds. The van der Waals surface area contributed by atoms with Gasteiger partial charge in [-0.2, -0.15) is 0 Å². The van der Waals surface area contributed by atoms with Gasteiger partial charge in [0.15, 0.2) is 28.6 Å². The standard InChI is InChI=1S/C26H33NO7/c1-17(28)22-23(31-4)19-11-15-34-24(19)26(32-5)25(22)33-14-7-13-27-12-6-8-18-9-10-20(29-2)21(16-18)30-3/h9-11,15-16,27H,6-8,12-14H2,1-5H3. The lowest BCUT2D eigenvalue weighted by Gasteiger charge is -2.17. The summed E-state index contributed by atoms with van der Waals surface area (Å²) in [6.45, 7) is 3.55. The quantitative estimate of drug-likeness (QED) is 0.268. The molecule has 0 saturated carbocycles. The molecule has 8 nitrogen and oxygen atoms in total. The number of furan rings is 1. The zero-order valence-corrected chi connectivity index (χ0v) is 20.5. The van der Waals surface area contributed by atoms with Crippen LogP contribution in [0.5, 0.6) is 28.7 Å². The van der Waals surface area contributed by atoms with Crippen LogP contribution in [0.2, 0.25) is 0 Å². The molecule has 8 heteroatoms. The molecule has 2 aromatic carbocycles. The van der Waals surface area contributed by atoms with E-state index in [0.717, 1.165) is 43.9 Å². The van der Waals surface area contributed by atoms with Gasteiger partial charge in [-0.1, -0.05) is 6.07 Å². The van der Waals surface area contributed by atoms with Crippen LogP contribution in [0.1, 0.15) is 35.7 Å². The number of benzene rings is 2. The lowest BCUT2D eigenvalue weighted by molar-refractivity contribution is 0.101. The minimum atomic E-state index is -0.165. The summed E-state index contributed by atoms with van der Waals surface area (Å²) in [5.41, 5.74) is 2.05. The minimum Gasteiger partial charge on any atom is -0.495 e. The first-order valence-corrected chi connectivity index (χ1v) is 11.3. The van der Waals surface area contributed by atoms with Gasteiger partial charge in [-0.05, 0) is 63.0 Å². The highest BCUT2D eigenvalue weighted by Crippen LogP contribution is 2.46. The van der Waals surface area contributed by atoms with Crippen LogP contribution in [0.4, 0.5) is 0 Å². The minimum absolute atomic E-state index is 0.165. The summed E-state index contributed by atoms with van der Waals surface area (Å²) in [5.74, 6) is 2.49. The number of rotatable bonds is 14. The molecule has 0 bridgehead atoms. The van der Waals surface area contributed by atoms with E-state index < -0.39 is 0 Å². The fraction of sp³-hybridized carbons (Fsp3) is 0.423. The van der Waals surface area contributed by atoms with E-state index in [9.17, 15) is 4.79 Å². The predicted molar refractivity (Wildman–Crippen MR) is 130 cm³/mol. The summed E-state index contributed by atoms with van der Waals surface area (Å²) in [7, 11) is 6.33. The number of methoxy groups -OCH3 is 4. The van der Waals surface area contributed by atoms with Crippen LogP contribution in [-0.4, -0.2) is 53.9 Å². The molecule has 0 fully saturated rings. The third-order valence-electron chi connectivity index (χ3n) is 5.55. The number of hydrogen-bond donors (Lipinski definition) is 1. The summed E-state index contributed by atoms with van der Waals surface area (Å²) < 4.78 is 33.3. The second-order valence-electron chi connectivity index (χ2n) is 7.74. The van der Waals surface area contributed by atoms with E-state index in [1.807, 2.05) is 12.1 Å². The van der Waals surface area contributed by atoms with E-state index in [1.54, 1.807) is 20.3 Å². The smallest absolute Gasteiger partial charge is 0.205 e. The third kappa shape index (κ3) is 5.56. The lowest BCUT2D eigenvalue weighted by atomic mass is 10.0. The Kier molecular flexibility index (Phi) is 9.04. The van der Waals surface area contributed by atoms with Crippen molar-refractivity contribution < 1.29 is 32.9 Å². The van der Waals surface area contributed by atoms with Gasteiger partial charge in [0.1, 0.15) is 11.3 Å². The Labute approximate surface area is 200 Å². The Balaban J connectivity index is 1.51. The van der Waals surface area contributed by atoms with Crippen molar-refractivity contribution in [3.8, 4) is 28.7 Å². The molecular weight excluding hydrogens is 438 g/mol. The van der Waals surface area contributed by atoms with Gasteiger partial charge in [0, 0.05) is 0 Å². The molecule has 1 N–H and O–H groups in total. The maximum absolute atomic E-state index is 12.4. The number of hydrogen-bond acceptors (Lipinski definition) is 8. The molecule has 34 heavy (non-hydrogen) atoms. The van der Waals surface area contributed by atoms with E-state index in [0.29, 0.717) is 40.4 Å². The first-order valence-electron chi connectivity index (χ1n) is 11.3. The summed E-state index contributed by atoms with van der Waals surface area (Å²) in [5, 5.41) is 4.10. The summed E-state index contributed by atoms with van der Waals surface area (Å²) in [6, 6.07) is 7.74. The number of carbonyl (C=O) groups excluding carboxylic acids is 1. The van der Waals surface area contributed by atoms with Crippen LogP contribution < -0.4 is 29.0 Å². The average molecular weight is 472 g/mol. The number of Topliss-reactive ketones (excluding diaryl/α,β-unsaturated/α-hetero) is 1. The predicted octanol–water partition coefficient (Wildman–Crippen LogP) is 4.66. The van der Waals surface area contributed by atoms with Crippen LogP contribution >= 0.6 is 0 Å². The van der Waals surface area contributed by atoms with Crippen molar-refractivity contribution >= 4 is 16.8 Å². The van der Waals surface area contributed by atoms with Crippen LogP contribution in [0.15, 0.2) is 34.9 Å². The van der Waals surface area contributed by atoms with Gasteiger partial charge in [-0.25, -0.2) is 0 Å². The van der Waals surface area contributed by atoms with E-state index in [2.05, 4.69) is 11.4 Å². The first-order chi connectivity index (χ1) is 16.5. The highest BCUT2D eigenvalue weighted by atomic mass is 16.5. The Morgan fingerprint density at radius 2 is 1.62 bits per heavy atom. The molecule has 3 aromatic rings. The van der Waals surface area contributed by atoms with Crippen LogP contribution in [0.3, 0.4) is 0 Å². The number of carbonyl (C=O) groups is 1. The number of aryl methyl sites for hydroxylation is 1. The highest BCUT2D eigenvalue weighted by molar-refractivity contribution is 6.08. The molecule has 0 atom stereocenters. The Morgan fingerprint density at radius 3 is 2.29 bits per heavy atom. The molecule has 1 heterocycles. The van der Waals surface area contributed by atoms with Gasteiger partial charge >= 0.3 is 0 Å². The van der Waals surface area contributed by atoms with Gasteiger partial charge in [0.25, 0.3) is 0 Å². The summed E-state index contributed by atoms with van der Waals surface area (Å²) in [6.07, 6.45) is 4.22. The van der Waals surface area contributed by atoms with Crippen molar-refractivity contribution in [3.05, 3.63) is 41.7 Å². The molecule has 3 rings (SSSR count). The lowest BCUT2D eigenvalue weighted by Crippen LogP contribution is -2.19. The second kappa shape index (κ2) is 12.2. The van der Waals surface area contributed by atoms with E-state index in [1.165, 1.54) is 33.0 Å². The Hall–Kier alpha value is -3.39. The van der Waals surface area contributed by atoms with Crippen LogP contribution in [-0.2, 0) is 6.42 Å². The Bertz CT molecular complexity index is 1110. The molecule has 1 aromatic heterocycles. The van der Waals surface area contributed by atoms with Crippen molar-refractivity contribution in [2.45, 2.75) is 26.2 Å². The van der Waals surface area contributed by atoms with Gasteiger partial charge < -0.3 is 33.4 Å². The summed E-state index contributed by atoms with van der Waals surface area (Å²) in [4.78, 5) is 12.4. The molecule has 0 spiro atoms. The first kappa shape index (κ1) is 25.2. The second-order valence-corrected chi connectivity index (χ2v) is 7.74. The molecule has 0 saturated heterocycles. The normalized spacial score (nSPS) is 10.9. The van der Waals surface area contributed by atoms with Gasteiger partial charge in [0.05, 0.1) is 46.7 Å². The topological polar surface area (TPSA) is 88.4 Å². The molecule has 0 aliphatic heterocycles. The van der Waals surface area contributed by atoms with Crippen molar-refractivity contribution in [1.82, 2.24) is 5.32 Å². The van der Waals surface area contributed by atoms with Gasteiger partial charge in [-0.3, -0.25) is 4.79 Å². The maximum atomic E-state index is 12.4. The number of ether oxygens (including phenoxy) is 5. The molecule has 0 aliphatic rings. The van der Waals surface area contributed by atoms with Crippen molar-refractivity contribution in [2.24, 2.45) is 0 Å². The van der Waals surface area contributed by atoms with Gasteiger partial charge in [0.2, 0.25) is 5.75 Å². The van der Waals surface area contributed by atoms with Crippen LogP contribution in [0.25, 0.3) is 11.0 Å². The SMILES string of the molecule is COc1ccc(CCCNCCCOc2c(C(C)=O)c(OC)c3ccoc3c2OC)cc1OC. The third-order valence-corrected chi connectivity index (χ3v) is 5.55. The zero-order valence-electron chi connectivity index (χ0n) is 20.5. The molecular formula is C26H33NO7. The summed E-state index contributed by atoms with van der Waals surface area (Å²) >= 11 is 0. The largest absolute Gasteiger partial charge is 0.495 e. The molecule has 0 aliphatic carbocycles. The van der Waals surface area contributed by atoms with E-state index >= 15 is 0 Å². The Morgan fingerprint density at radius 1 is 0.882 bits per heavy atom. The maximum Gasteiger partial charge on any atom is 0.205 e. The number of ketones is 1. The van der Waals surface area contributed by atoms with Crippen molar-refractivity contribution in [2.75, 3.05) is 48.1 Å².